The van der Waals surface area contributed by atoms with Crippen molar-refractivity contribution in [1.29, 1.82) is 0 Å². The molecule has 2 aromatic carbocycles. The first-order chi connectivity index (χ1) is 9.74. The van der Waals surface area contributed by atoms with Crippen LogP contribution >= 0.6 is 11.8 Å². The van der Waals surface area contributed by atoms with E-state index in [4.69, 9.17) is 4.42 Å². The van der Waals surface area contributed by atoms with Crippen molar-refractivity contribution in [2.24, 2.45) is 0 Å². The fourth-order valence-corrected chi connectivity index (χ4v) is 2.74. The van der Waals surface area contributed by atoms with Gasteiger partial charge in [-0.3, -0.25) is 0 Å². The van der Waals surface area contributed by atoms with E-state index in [2.05, 4.69) is 4.98 Å². The van der Waals surface area contributed by atoms with E-state index < -0.39 is 5.97 Å². The lowest BCUT2D eigenvalue weighted by molar-refractivity contribution is -0.255. The first-order valence-corrected chi connectivity index (χ1v) is 7.00. The number of thioether (sulfide) groups is 1. The number of carboxylic acid groups (broad SMARTS) is 1. The molecule has 0 spiro atoms. The summed E-state index contributed by atoms with van der Waals surface area (Å²) < 4.78 is 5.58. The standard InChI is InChI=1S/C15H11NO3S/c17-14(18)11-6-2-1-5-10(11)9-20-15-16-12-7-3-4-8-13(12)19-15/h1-8H,9H2,(H,17,18)/p-1. The molecule has 4 nitrogen and oxygen atoms in total. The van der Waals surface area contributed by atoms with Gasteiger partial charge in [0.2, 0.25) is 0 Å². The normalized spacial score (nSPS) is 10.8. The van der Waals surface area contributed by atoms with Crippen LogP contribution in [0.15, 0.2) is 58.2 Å². The van der Waals surface area contributed by atoms with Crippen molar-refractivity contribution in [1.82, 2.24) is 4.98 Å². The highest BCUT2D eigenvalue weighted by atomic mass is 32.2. The van der Waals surface area contributed by atoms with Gasteiger partial charge in [0.05, 0.1) is 5.97 Å². The van der Waals surface area contributed by atoms with Crippen LogP contribution in [0.2, 0.25) is 0 Å². The number of fused-ring (bicyclic) bond motifs is 1. The number of aromatic nitrogens is 1. The highest BCUT2D eigenvalue weighted by Gasteiger charge is 2.08. The van der Waals surface area contributed by atoms with Crippen molar-refractivity contribution < 1.29 is 14.3 Å². The molecule has 0 atom stereocenters. The Balaban J connectivity index is 1.81. The second kappa shape index (κ2) is 5.38. The number of oxazole rings is 1. The number of carboxylic acids is 1. The summed E-state index contributed by atoms with van der Waals surface area (Å²) in [5, 5.41) is 11.5. The van der Waals surface area contributed by atoms with E-state index in [0.29, 0.717) is 16.5 Å². The second-order valence-corrected chi connectivity index (χ2v) is 5.11. The van der Waals surface area contributed by atoms with Gasteiger partial charge in [-0.05, 0) is 17.7 Å². The molecular weight excluding hydrogens is 274 g/mol. The van der Waals surface area contributed by atoms with Crippen LogP contribution in [0.3, 0.4) is 0 Å². The van der Waals surface area contributed by atoms with Gasteiger partial charge in [-0.2, -0.15) is 0 Å². The maximum atomic E-state index is 11.0. The summed E-state index contributed by atoms with van der Waals surface area (Å²) >= 11 is 1.36. The smallest absolute Gasteiger partial charge is 0.257 e. The minimum Gasteiger partial charge on any atom is -0.545 e. The molecule has 3 rings (SSSR count). The van der Waals surface area contributed by atoms with Crippen LogP contribution in [0.5, 0.6) is 0 Å². The molecule has 0 N–H and O–H groups in total. The molecular formula is C15H10NO3S-. The SMILES string of the molecule is O=C([O-])c1ccccc1CSc1nc2ccccc2o1. The molecule has 0 aliphatic carbocycles. The molecule has 0 saturated heterocycles. The highest BCUT2D eigenvalue weighted by Crippen LogP contribution is 2.27. The zero-order chi connectivity index (χ0) is 13.9. The zero-order valence-corrected chi connectivity index (χ0v) is 11.2. The molecule has 1 aromatic heterocycles. The summed E-state index contributed by atoms with van der Waals surface area (Å²) in [6.45, 7) is 0. The number of rotatable bonds is 4. The molecule has 0 aliphatic heterocycles. The lowest BCUT2D eigenvalue weighted by Gasteiger charge is -2.08. The van der Waals surface area contributed by atoms with Gasteiger partial charge in [-0.25, -0.2) is 4.98 Å². The van der Waals surface area contributed by atoms with E-state index in [1.165, 1.54) is 17.8 Å². The number of benzene rings is 2. The topological polar surface area (TPSA) is 66.2 Å². The van der Waals surface area contributed by atoms with Gasteiger partial charge >= 0.3 is 0 Å². The van der Waals surface area contributed by atoms with Crippen molar-refractivity contribution in [3.8, 4) is 0 Å². The molecule has 0 aliphatic rings. The molecule has 0 amide bonds. The minimum absolute atomic E-state index is 0.205. The molecule has 0 bridgehead atoms. The van der Waals surface area contributed by atoms with Crippen molar-refractivity contribution >= 4 is 28.8 Å². The van der Waals surface area contributed by atoms with Crippen molar-refractivity contribution in [3.05, 3.63) is 59.7 Å². The van der Waals surface area contributed by atoms with Crippen LogP contribution in [0.4, 0.5) is 0 Å². The minimum atomic E-state index is -1.17. The van der Waals surface area contributed by atoms with E-state index in [1.807, 2.05) is 24.3 Å². The predicted octanol–water partition coefficient (Wildman–Crippen LogP) is 2.48. The first kappa shape index (κ1) is 12.7. The fraction of sp³-hybridized carbons (Fsp3) is 0.0667. The monoisotopic (exact) mass is 284 g/mol. The highest BCUT2D eigenvalue weighted by molar-refractivity contribution is 7.98. The van der Waals surface area contributed by atoms with Gasteiger partial charge in [0.15, 0.2) is 5.58 Å². The molecule has 0 saturated carbocycles. The number of carbonyl (C=O) groups excluding carboxylic acids is 1. The number of aromatic carboxylic acids is 1. The largest absolute Gasteiger partial charge is 0.545 e. The van der Waals surface area contributed by atoms with E-state index in [-0.39, 0.29) is 5.56 Å². The first-order valence-electron chi connectivity index (χ1n) is 6.01. The number of para-hydroxylation sites is 2. The lowest BCUT2D eigenvalue weighted by atomic mass is 10.1. The summed E-state index contributed by atoms with van der Waals surface area (Å²) in [5.74, 6) is -0.699. The Morgan fingerprint density at radius 2 is 1.90 bits per heavy atom. The summed E-state index contributed by atoms with van der Waals surface area (Å²) in [5.41, 5.74) is 2.42. The van der Waals surface area contributed by atoms with Gasteiger partial charge in [0.25, 0.3) is 5.22 Å². The van der Waals surface area contributed by atoms with Crippen molar-refractivity contribution in [3.63, 3.8) is 0 Å². The Bertz CT molecular complexity index is 733. The summed E-state index contributed by atoms with van der Waals surface area (Å²) in [6, 6.07) is 14.3. The molecule has 1 heterocycles. The maximum absolute atomic E-state index is 11.0. The average molecular weight is 284 g/mol. The molecule has 100 valence electrons. The Labute approximate surface area is 119 Å². The molecule has 5 heteroatoms. The zero-order valence-electron chi connectivity index (χ0n) is 10.4. The Morgan fingerprint density at radius 1 is 1.15 bits per heavy atom. The van der Waals surface area contributed by atoms with E-state index in [1.54, 1.807) is 18.2 Å². The average Bonchev–Trinajstić information content (AvgIpc) is 2.88. The number of carbonyl (C=O) groups is 1. The molecule has 0 radical (unpaired) electrons. The van der Waals surface area contributed by atoms with Crippen LogP contribution in [-0.4, -0.2) is 11.0 Å². The number of hydrogen-bond donors (Lipinski definition) is 0. The summed E-state index contributed by atoms with van der Waals surface area (Å²) in [7, 11) is 0. The van der Waals surface area contributed by atoms with Crippen LogP contribution < -0.4 is 5.11 Å². The van der Waals surface area contributed by atoms with Gasteiger partial charge < -0.3 is 14.3 Å². The Kier molecular flexibility index (Phi) is 3.43. The Hall–Kier alpha value is -2.27. The van der Waals surface area contributed by atoms with E-state index in [0.717, 1.165) is 11.1 Å². The fourth-order valence-electron chi connectivity index (χ4n) is 1.90. The third kappa shape index (κ3) is 2.53. The molecule has 0 unspecified atom stereocenters. The van der Waals surface area contributed by atoms with Crippen LogP contribution in [-0.2, 0) is 5.75 Å². The second-order valence-electron chi connectivity index (χ2n) is 4.18. The van der Waals surface area contributed by atoms with Gasteiger partial charge in [0.1, 0.15) is 5.52 Å². The van der Waals surface area contributed by atoms with E-state index >= 15 is 0 Å². The van der Waals surface area contributed by atoms with E-state index in [9.17, 15) is 9.90 Å². The molecule has 0 fully saturated rings. The van der Waals surface area contributed by atoms with Crippen LogP contribution in [0.1, 0.15) is 15.9 Å². The van der Waals surface area contributed by atoms with Crippen LogP contribution in [0, 0.1) is 0 Å². The van der Waals surface area contributed by atoms with Crippen molar-refractivity contribution in [2.75, 3.05) is 0 Å². The third-order valence-corrected chi connectivity index (χ3v) is 3.74. The molecule has 20 heavy (non-hydrogen) atoms. The third-order valence-electron chi connectivity index (χ3n) is 2.86. The Morgan fingerprint density at radius 3 is 2.70 bits per heavy atom. The number of nitrogens with zero attached hydrogens (tertiary/aromatic N) is 1. The quantitative estimate of drug-likeness (QED) is 0.689. The van der Waals surface area contributed by atoms with Crippen LogP contribution in [0.25, 0.3) is 11.1 Å². The number of hydrogen-bond acceptors (Lipinski definition) is 5. The predicted molar refractivity (Wildman–Crippen MR) is 74.3 cm³/mol. The van der Waals surface area contributed by atoms with Gasteiger partial charge in [0, 0.05) is 11.3 Å². The van der Waals surface area contributed by atoms with Crippen molar-refractivity contribution in [2.45, 2.75) is 11.0 Å². The summed E-state index contributed by atoms with van der Waals surface area (Å²) in [6.07, 6.45) is 0. The van der Waals surface area contributed by atoms with Gasteiger partial charge in [-0.15, -0.1) is 0 Å². The maximum Gasteiger partial charge on any atom is 0.257 e. The van der Waals surface area contributed by atoms with Gasteiger partial charge in [-0.1, -0.05) is 48.2 Å². The molecule has 3 aromatic rings. The summed E-state index contributed by atoms with van der Waals surface area (Å²) in [4.78, 5) is 15.4. The lowest BCUT2D eigenvalue weighted by Crippen LogP contribution is -2.23.